The Kier molecular flexibility index (Phi) is 3.97. The Labute approximate surface area is 107 Å². The van der Waals surface area contributed by atoms with E-state index in [4.69, 9.17) is 0 Å². The summed E-state index contributed by atoms with van der Waals surface area (Å²) in [5, 5.41) is 2.76. The van der Waals surface area contributed by atoms with Gasteiger partial charge in [0.05, 0.1) is 5.56 Å². The number of benzene rings is 1. The summed E-state index contributed by atoms with van der Waals surface area (Å²) in [7, 11) is 2.05. The first-order valence-corrected chi connectivity index (χ1v) is 6.33. The quantitative estimate of drug-likeness (QED) is 0.866. The van der Waals surface area contributed by atoms with Gasteiger partial charge in [-0.3, -0.25) is 4.79 Å². The minimum atomic E-state index is -0.425. The summed E-state index contributed by atoms with van der Waals surface area (Å²) >= 11 is 0. The Morgan fingerprint density at radius 2 is 2.22 bits per heavy atom. The molecule has 1 aromatic carbocycles. The molecule has 1 amide bonds. The van der Waals surface area contributed by atoms with Crippen LogP contribution in [0, 0.1) is 12.7 Å². The van der Waals surface area contributed by atoms with Crippen LogP contribution in [0.1, 0.15) is 28.8 Å². The lowest BCUT2D eigenvalue weighted by Crippen LogP contribution is -2.34. The molecule has 1 aliphatic carbocycles. The third-order valence-electron chi connectivity index (χ3n) is 3.36. The molecule has 0 unspecified atom stereocenters. The second-order valence-corrected chi connectivity index (χ2v) is 4.90. The van der Waals surface area contributed by atoms with Crippen LogP contribution in [-0.2, 0) is 0 Å². The maximum absolute atomic E-state index is 13.7. The molecule has 0 aromatic heterocycles. The van der Waals surface area contributed by atoms with Gasteiger partial charge in [-0.15, -0.1) is 0 Å². The fraction of sp³-hybridized carbons (Fsp3) is 0.500. The Morgan fingerprint density at radius 3 is 2.89 bits per heavy atom. The maximum atomic E-state index is 13.7. The second-order valence-electron chi connectivity index (χ2n) is 4.90. The number of rotatable bonds is 5. The van der Waals surface area contributed by atoms with E-state index in [2.05, 4.69) is 17.3 Å². The van der Waals surface area contributed by atoms with Crippen LogP contribution in [-0.4, -0.2) is 37.0 Å². The molecule has 4 heteroatoms. The van der Waals surface area contributed by atoms with Crippen LogP contribution in [0.5, 0.6) is 0 Å². The molecule has 0 radical (unpaired) electrons. The molecule has 0 aliphatic heterocycles. The Balaban J connectivity index is 1.85. The van der Waals surface area contributed by atoms with Crippen molar-refractivity contribution < 1.29 is 9.18 Å². The minimum absolute atomic E-state index is 0.129. The number of aryl methyl sites for hydroxylation is 1. The highest BCUT2D eigenvalue weighted by Gasteiger charge is 2.25. The molecular weight excluding hydrogens is 231 g/mol. The smallest absolute Gasteiger partial charge is 0.254 e. The molecule has 0 spiro atoms. The Hall–Kier alpha value is -1.42. The summed E-state index contributed by atoms with van der Waals surface area (Å²) in [4.78, 5) is 14.0. The van der Waals surface area contributed by atoms with Gasteiger partial charge in [0.2, 0.25) is 0 Å². The molecule has 18 heavy (non-hydrogen) atoms. The van der Waals surface area contributed by atoms with E-state index in [0.717, 1.165) is 6.54 Å². The molecule has 0 saturated heterocycles. The first-order valence-electron chi connectivity index (χ1n) is 6.33. The van der Waals surface area contributed by atoms with Crippen molar-refractivity contribution in [2.24, 2.45) is 0 Å². The van der Waals surface area contributed by atoms with Crippen LogP contribution in [0.25, 0.3) is 0 Å². The topological polar surface area (TPSA) is 32.3 Å². The average molecular weight is 250 g/mol. The molecular formula is C14H19FN2O. The monoisotopic (exact) mass is 250 g/mol. The number of nitrogens with zero attached hydrogens (tertiary/aromatic N) is 1. The fourth-order valence-corrected chi connectivity index (χ4v) is 1.96. The summed E-state index contributed by atoms with van der Waals surface area (Å²) in [5.74, 6) is -0.758. The number of amides is 1. The number of carbonyl (C=O) groups is 1. The van der Waals surface area contributed by atoms with Crippen molar-refractivity contribution in [1.29, 1.82) is 0 Å². The van der Waals surface area contributed by atoms with E-state index in [-0.39, 0.29) is 11.5 Å². The number of hydrogen-bond donors (Lipinski definition) is 1. The van der Waals surface area contributed by atoms with Gasteiger partial charge in [0.25, 0.3) is 5.91 Å². The lowest BCUT2D eigenvalue weighted by atomic mass is 10.1. The highest BCUT2D eigenvalue weighted by atomic mass is 19.1. The number of hydrogen-bond acceptors (Lipinski definition) is 2. The Morgan fingerprint density at radius 1 is 1.50 bits per heavy atom. The Bertz CT molecular complexity index is 443. The minimum Gasteiger partial charge on any atom is -0.351 e. The van der Waals surface area contributed by atoms with E-state index >= 15 is 0 Å². The standard InChI is InChI=1S/C14H19FN2O/c1-10-4-3-5-12(13(10)15)14(18)16-8-9-17(2)11-6-7-11/h3-5,11H,6-9H2,1-2H3,(H,16,18). The normalized spacial score (nSPS) is 14.9. The first-order chi connectivity index (χ1) is 8.59. The molecule has 0 heterocycles. The molecule has 2 rings (SSSR count). The average Bonchev–Trinajstić information content (AvgIpc) is 3.16. The van der Waals surface area contributed by atoms with E-state index in [0.29, 0.717) is 18.2 Å². The first kappa shape index (κ1) is 13.0. The van der Waals surface area contributed by atoms with Gasteiger partial charge in [-0.2, -0.15) is 0 Å². The van der Waals surface area contributed by atoms with Gasteiger partial charge in [0.15, 0.2) is 0 Å². The zero-order valence-electron chi connectivity index (χ0n) is 10.9. The molecule has 0 atom stereocenters. The third kappa shape index (κ3) is 3.07. The summed E-state index contributed by atoms with van der Waals surface area (Å²) in [6, 6.07) is 5.55. The summed E-state index contributed by atoms with van der Waals surface area (Å²) in [5.41, 5.74) is 0.627. The van der Waals surface area contributed by atoms with Crippen molar-refractivity contribution in [1.82, 2.24) is 10.2 Å². The molecule has 1 N–H and O–H groups in total. The lowest BCUT2D eigenvalue weighted by Gasteiger charge is -2.15. The van der Waals surface area contributed by atoms with Crippen molar-refractivity contribution in [3.8, 4) is 0 Å². The molecule has 3 nitrogen and oxygen atoms in total. The highest BCUT2D eigenvalue weighted by molar-refractivity contribution is 5.94. The molecule has 98 valence electrons. The molecule has 1 aliphatic rings. The van der Waals surface area contributed by atoms with Crippen molar-refractivity contribution in [2.75, 3.05) is 20.1 Å². The summed E-state index contributed by atoms with van der Waals surface area (Å²) < 4.78 is 13.7. The summed E-state index contributed by atoms with van der Waals surface area (Å²) in [6.07, 6.45) is 2.49. The largest absolute Gasteiger partial charge is 0.351 e. The van der Waals surface area contributed by atoms with Crippen LogP contribution in [0.2, 0.25) is 0 Å². The zero-order valence-corrected chi connectivity index (χ0v) is 10.9. The van der Waals surface area contributed by atoms with Crippen molar-refractivity contribution >= 4 is 5.91 Å². The third-order valence-corrected chi connectivity index (χ3v) is 3.36. The van der Waals surface area contributed by atoms with E-state index in [1.165, 1.54) is 18.9 Å². The van der Waals surface area contributed by atoms with Crippen molar-refractivity contribution in [3.63, 3.8) is 0 Å². The lowest BCUT2D eigenvalue weighted by molar-refractivity contribution is 0.0945. The fourth-order valence-electron chi connectivity index (χ4n) is 1.96. The van der Waals surface area contributed by atoms with E-state index < -0.39 is 5.82 Å². The van der Waals surface area contributed by atoms with E-state index in [1.54, 1.807) is 19.1 Å². The highest BCUT2D eigenvalue weighted by Crippen LogP contribution is 2.24. The second kappa shape index (κ2) is 5.48. The van der Waals surface area contributed by atoms with Gasteiger partial charge >= 0.3 is 0 Å². The number of likely N-dealkylation sites (N-methyl/N-ethyl adjacent to an activating group) is 1. The molecule has 1 fully saturated rings. The molecule has 1 aromatic rings. The van der Waals surface area contributed by atoms with Crippen molar-refractivity contribution in [3.05, 3.63) is 35.1 Å². The predicted molar refractivity (Wildman–Crippen MR) is 69.1 cm³/mol. The van der Waals surface area contributed by atoms with Crippen LogP contribution >= 0.6 is 0 Å². The van der Waals surface area contributed by atoms with Crippen LogP contribution < -0.4 is 5.32 Å². The van der Waals surface area contributed by atoms with Gasteiger partial charge in [-0.25, -0.2) is 4.39 Å². The predicted octanol–water partition coefficient (Wildman–Crippen LogP) is 1.96. The molecule has 0 bridgehead atoms. The maximum Gasteiger partial charge on any atom is 0.254 e. The van der Waals surface area contributed by atoms with Gasteiger partial charge < -0.3 is 10.2 Å². The van der Waals surface area contributed by atoms with Gasteiger partial charge in [0, 0.05) is 19.1 Å². The van der Waals surface area contributed by atoms with Crippen LogP contribution in [0.4, 0.5) is 4.39 Å². The summed E-state index contributed by atoms with van der Waals surface area (Å²) in [6.45, 7) is 3.02. The van der Waals surface area contributed by atoms with Gasteiger partial charge in [0.1, 0.15) is 5.82 Å². The van der Waals surface area contributed by atoms with E-state index in [9.17, 15) is 9.18 Å². The zero-order chi connectivity index (χ0) is 13.1. The van der Waals surface area contributed by atoms with Crippen LogP contribution in [0.3, 0.4) is 0 Å². The van der Waals surface area contributed by atoms with Gasteiger partial charge in [-0.05, 0) is 38.4 Å². The number of halogens is 1. The van der Waals surface area contributed by atoms with Crippen molar-refractivity contribution in [2.45, 2.75) is 25.8 Å². The van der Waals surface area contributed by atoms with Gasteiger partial charge in [-0.1, -0.05) is 12.1 Å². The number of carbonyl (C=O) groups excluding carboxylic acids is 1. The SMILES string of the molecule is Cc1cccc(C(=O)NCCN(C)C2CC2)c1F. The number of nitrogens with one attached hydrogen (secondary N) is 1. The molecule has 1 saturated carbocycles. The van der Waals surface area contributed by atoms with E-state index in [1.807, 2.05) is 0 Å². The van der Waals surface area contributed by atoms with Crippen LogP contribution in [0.15, 0.2) is 18.2 Å².